The van der Waals surface area contributed by atoms with E-state index in [1.165, 1.54) is 12.3 Å². The predicted octanol–water partition coefficient (Wildman–Crippen LogP) is 1.15. The number of aromatic carboxylic acids is 1. The second-order valence-corrected chi connectivity index (χ2v) is 5.34. The minimum absolute atomic E-state index is 0.0158. The number of urea groups is 1. The molecule has 0 bridgehead atoms. The maximum absolute atomic E-state index is 11.9. The van der Waals surface area contributed by atoms with E-state index >= 15 is 0 Å². The van der Waals surface area contributed by atoms with E-state index in [9.17, 15) is 9.59 Å². The number of rotatable bonds is 4. The third kappa shape index (κ3) is 4.42. The van der Waals surface area contributed by atoms with Crippen molar-refractivity contribution in [3.8, 4) is 0 Å². The summed E-state index contributed by atoms with van der Waals surface area (Å²) < 4.78 is 5.28. The SMILES string of the molecule is CC1(NC(=O)NCc2ccc(C(=O)O)nc2)CCOCC1. The summed E-state index contributed by atoms with van der Waals surface area (Å²) in [4.78, 5) is 26.4. The highest BCUT2D eigenvalue weighted by molar-refractivity contribution is 5.85. The van der Waals surface area contributed by atoms with Crippen LogP contribution in [0.15, 0.2) is 18.3 Å². The van der Waals surface area contributed by atoms with E-state index in [-0.39, 0.29) is 17.3 Å². The van der Waals surface area contributed by atoms with Gasteiger partial charge in [-0.25, -0.2) is 14.6 Å². The number of hydrogen-bond acceptors (Lipinski definition) is 4. The topological polar surface area (TPSA) is 101 Å². The number of carboxylic acid groups (broad SMARTS) is 1. The van der Waals surface area contributed by atoms with Gasteiger partial charge in [0.15, 0.2) is 0 Å². The molecule has 21 heavy (non-hydrogen) atoms. The highest BCUT2D eigenvalue weighted by Gasteiger charge is 2.28. The first kappa shape index (κ1) is 15.2. The Morgan fingerprint density at radius 2 is 2.10 bits per heavy atom. The largest absolute Gasteiger partial charge is 0.477 e. The molecule has 0 atom stereocenters. The molecule has 114 valence electrons. The minimum Gasteiger partial charge on any atom is -0.477 e. The van der Waals surface area contributed by atoms with Gasteiger partial charge in [0.25, 0.3) is 0 Å². The van der Waals surface area contributed by atoms with Crippen molar-refractivity contribution in [1.29, 1.82) is 0 Å². The van der Waals surface area contributed by atoms with Gasteiger partial charge in [0, 0.05) is 31.5 Å². The van der Waals surface area contributed by atoms with Gasteiger partial charge in [-0.3, -0.25) is 0 Å². The monoisotopic (exact) mass is 293 g/mol. The molecule has 1 aliphatic rings. The van der Waals surface area contributed by atoms with Crippen LogP contribution in [0.3, 0.4) is 0 Å². The molecule has 0 aromatic carbocycles. The quantitative estimate of drug-likeness (QED) is 0.773. The summed E-state index contributed by atoms with van der Waals surface area (Å²) in [5.74, 6) is -1.07. The Hall–Kier alpha value is -2.15. The number of amides is 2. The molecule has 1 aromatic heterocycles. The normalized spacial score (nSPS) is 17.0. The molecular weight excluding hydrogens is 274 g/mol. The standard InChI is InChI=1S/C14H19N3O4/c1-14(4-6-21-7-5-14)17-13(20)16-9-10-2-3-11(12(18)19)15-8-10/h2-3,8H,4-7,9H2,1H3,(H,18,19)(H2,16,17,20). The molecule has 1 saturated heterocycles. The number of carbonyl (C=O) groups excluding carboxylic acids is 1. The van der Waals surface area contributed by atoms with E-state index in [0.717, 1.165) is 18.4 Å². The number of aromatic nitrogens is 1. The van der Waals surface area contributed by atoms with Gasteiger partial charge in [-0.05, 0) is 31.4 Å². The predicted molar refractivity (Wildman–Crippen MR) is 75.0 cm³/mol. The number of carboxylic acids is 1. The lowest BCUT2D eigenvalue weighted by Gasteiger charge is -2.34. The molecule has 1 aliphatic heterocycles. The molecule has 7 heteroatoms. The van der Waals surface area contributed by atoms with Crippen LogP contribution >= 0.6 is 0 Å². The first-order valence-electron chi connectivity index (χ1n) is 6.80. The molecule has 0 unspecified atom stereocenters. The minimum atomic E-state index is -1.07. The van der Waals surface area contributed by atoms with Crippen LogP contribution in [0.2, 0.25) is 0 Å². The Balaban J connectivity index is 1.82. The Kier molecular flexibility index (Phi) is 4.74. The molecule has 0 radical (unpaired) electrons. The van der Waals surface area contributed by atoms with Gasteiger partial charge in [0.05, 0.1) is 0 Å². The molecule has 0 aliphatic carbocycles. The second kappa shape index (κ2) is 6.53. The molecule has 3 N–H and O–H groups in total. The molecule has 0 saturated carbocycles. The maximum Gasteiger partial charge on any atom is 0.354 e. The maximum atomic E-state index is 11.9. The van der Waals surface area contributed by atoms with Crippen molar-refractivity contribution in [3.05, 3.63) is 29.6 Å². The summed E-state index contributed by atoms with van der Waals surface area (Å²) in [7, 11) is 0. The third-order valence-electron chi connectivity index (χ3n) is 3.51. The summed E-state index contributed by atoms with van der Waals surface area (Å²) >= 11 is 0. The van der Waals surface area contributed by atoms with Crippen LogP contribution in [0.1, 0.15) is 35.8 Å². The number of carbonyl (C=O) groups is 2. The first-order valence-corrected chi connectivity index (χ1v) is 6.80. The van der Waals surface area contributed by atoms with Gasteiger partial charge < -0.3 is 20.5 Å². The number of hydrogen-bond donors (Lipinski definition) is 3. The highest BCUT2D eigenvalue weighted by atomic mass is 16.5. The van der Waals surface area contributed by atoms with Crippen LogP contribution < -0.4 is 10.6 Å². The lowest BCUT2D eigenvalue weighted by atomic mass is 9.93. The number of pyridine rings is 1. The van der Waals surface area contributed by atoms with E-state index in [1.807, 2.05) is 6.92 Å². The van der Waals surface area contributed by atoms with Gasteiger partial charge in [-0.2, -0.15) is 0 Å². The molecule has 2 amide bonds. The van der Waals surface area contributed by atoms with Gasteiger partial charge in [-0.15, -0.1) is 0 Å². The number of ether oxygens (including phenoxy) is 1. The van der Waals surface area contributed by atoms with Crippen LogP contribution in [0.5, 0.6) is 0 Å². The fourth-order valence-electron chi connectivity index (χ4n) is 2.10. The van der Waals surface area contributed by atoms with E-state index in [1.54, 1.807) is 6.07 Å². The average molecular weight is 293 g/mol. The van der Waals surface area contributed by atoms with Gasteiger partial charge in [0.1, 0.15) is 5.69 Å². The van der Waals surface area contributed by atoms with Crippen molar-refractivity contribution in [1.82, 2.24) is 15.6 Å². The van der Waals surface area contributed by atoms with Crippen molar-refractivity contribution < 1.29 is 19.4 Å². The van der Waals surface area contributed by atoms with Gasteiger partial charge in [-0.1, -0.05) is 6.07 Å². The molecule has 7 nitrogen and oxygen atoms in total. The molecule has 1 aromatic rings. The van der Waals surface area contributed by atoms with Crippen molar-refractivity contribution >= 4 is 12.0 Å². The van der Waals surface area contributed by atoms with E-state index in [2.05, 4.69) is 15.6 Å². The summed E-state index contributed by atoms with van der Waals surface area (Å²) in [5.41, 5.74) is 0.485. The van der Waals surface area contributed by atoms with Crippen LogP contribution in [0.4, 0.5) is 4.79 Å². The summed E-state index contributed by atoms with van der Waals surface area (Å²) in [6, 6.07) is 2.80. The lowest BCUT2D eigenvalue weighted by molar-refractivity contribution is 0.0492. The summed E-state index contributed by atoms with van der Waals surface area (Å²) in [6.07, 6.45) is 3.02. The van der Waals surface area contributed by atoms with E-state index < -0.39 is 5.97 Å². The summed E-state index contributed by atoms with van der Waals surface area (Å²) in [6.45, 7) is 3.60. The van der Waals surface area contributed by atoms with Crippen LogP contribution in [0, 0.1) is 0 Å². The Morgan fingerprint density at radius 3 is 2.67 bits per heavy atom. The molecule has 1 fully saturated rings. The third-order valence-corrected chi connectivity index (χ3v) is 3.51. The molecule has 2 rings (SSSR count). The lowest BCUT2D eigenvalue weighted by Crippen LogP contribution is -2.52. The van der Waals surface area contributed by atoms with Gasteiger partial charge in [0.2, 0.25) is 0 Å². The molecule has 2 heterocycles. The molecular formula is C14H19N3O4. The van der Waals surface area contributed by atoms with Crippen molar-refractivity contribution in [2.24, 2.45) is 0 Å². The Bertz CT molecular complexity index is 509. The summed E-state index contributed by atoms with van der Waals surface area (Å²) in [5, 5.41) is 14.4. The number of nitrogens with one attached hydrogen (secondary N) is 2. The highest BCUT2D eigenvalue weighted by Crippen LogP contribution is 2.19. The van der Waals surface area contributed by atoms with E-state index in [4.69, 9.17) is 9.84 Å². The average Bonchev–Trinajstić information content (AvgIpc) is 2.46. The Morgan fingerprint density at radius 1 is 1.38 bits per heavy atom. The van der Waals surface area contributed by atoms with Crippen molar-refractivity contribution in [2.45, 2.75) is 31.8 Å². The smallest absolute Gasteiger partial charge is 0.354 e. The van der Waals surface area contributed by atoms with Crippen LogP contribution in [-0.4, -0.2) is 40.8 Å². The van der Waals surface area contributed by atoms with E-state index in [0.29, 0.717) is 19.8 Å². The Labute approximate surface area is 122 Å². The number of nitrogens with zero attached hydrogens (tertiary/aromatic N) is 1. The van der Waals surface area contributed by atoms with Gasteiger partial charge >= 0.3 is 12.0 Å². The first-order chi connectivity index (χ1) is 9.98. The fraction of sp³-hybridized carbons (Fsp3) is 0.500. The van der Waals surface area contributed by atoms with Crippen molar-refractivity contribution in [3.63, 3.8) is 0 Å². The molecule has 0 spiro atoms. The zero-order valence-electron chi connectivity index (χ0n) is 11.9. The zero-order valence-corrected chi connectivity index (χ0v) is 11.9. The fourth-order valence-corrected chi connectivity index (χ4v) is 2.10. The second-order valence-electron chi connectivity index (χ2n) is 5.34. The van der Waals surface area contributed by atoms with Crippen molar-refractivity contribution in [2.75, 3.05) is 13.2 Å². The van der Waals surface area contributed by atoms with Crippen LogP contribution in [-0.2, 0) is 11.3 Å². The van der Waals surface area contributed by atoms with Crippen LogP contribution in [0.25, 0.3) is 0 Å². The zero-order chi connectivity index (χ0) is 15.3.